The summed E-state index contributed by atoms with van der Waals surface area (Å²) in [4.78, 5) is 28.8. The van der Waals surface area contributed by atoms with E-state index in [4.69, 9.17) is 0 Å². The molecule has 1 aliphatic heterocycles. The van der Waals surface area contributed by atoms with Crippen LogP contribution in [-0.2, 0) is 22.6 Å². The first-order chi connectivity index (χ1) is 13.6. The van der Waals surface area contributed by atoms with E-state index >= 15 is 0 Å². The molecule has 2 amide bonds. The summed E-state index contributed by atoms with van der Waals surface area (Å²) in [7, 11) is 0. The molecule has 0 atom stereocenters. The summed E-state index contributed by atoms with van der Waals surface area (Å²) in [6.07, 6.45) is 4.40. The molecule has 4 nitrogen and oxygen atoms in total. The number of hydrogen-bond donors (Lipinski definition) is 0. The molecule has 0 N–H and O–H groups in total. The smallest absolute Gasteiger partial charge is 0.230 e. The molecule has 1 saturated heterocycles. The standard InChI is InChI=1S/C23H25FN2O2/c24-20-5-3-4-18(14-20)16-26(23(28)19-8-9-19)21-10-6-17(7-11-21)15-22(27)25-12-1-2-13-25/h3-7,10-11,14,19H,1-2,8-9,12-13,15-16H2. The van der Waals surface area contributed by atoms with Crippen molar-refractivity contribution in [3.05, 3.63) is 65.5 Å². The van der Waals surface area contributed by atoms with Crippen LogP contribution in [-0.4, -0.2) is 29.8 Å². The summed E-state index contributed by atoms with van der Waals surface area (Å²) in [6.45, 7) is 2.06. The summed E-state index contributed by atoms with van der Waals surface area (Å²) < 4.78 is 13.6. The zero-order chi connectivity index (χ0) is 19.5. The van der Waals surface area contributed by atoms with Crippen molar-refractivity contribution in [2.75, 3.05) is 18.0 Å². The van der Waals surface area contributed by atoms with Gasteiger partial charge in [-0.15, -0.1) is 0 Å². The Morgan fingerprint density at radius 3 is 2.36 bits per heavy atom. The molecule has 146 valence electrons. The van der Waals surface area contributed by atoms with Crippen molar-refractivity contribution in [3.63, 3.8) is 0 Å². The minimum atomic E-state index is -0.299. The number of rotatable bonds is 6. The molecule has 0 aromatic heterocycles. The molecule has 1 saturated carbocycles. The lowest BCUT2D eigenvalue weighted by molar-refractivity contribution is -0.129. The van der Waals surface area contributed by atoms with Crippen molar-refractivity contribution >= 4 is 17.5 Å². The third kappa shape index (κ3) is 4.41. The zero-order valence-electron chi connectivity index (χ0n) is 15.9. The number of carbonyl (C=O) groups is 2. The van der Waals surface area contributed by atoms with Gasteiger partial charge in [-0.05, 0) is 61.1 Å². The summed E-state index contributed by atoms with van der Waals surface area (Å²) in [5.74, 6) is 0.0261. The Kier molecular flexibility index (Phi) is 5.42. The van der Waals surface area contributed by atoms with Gasteiger partial charge in [0.1, 0.15) is 5.82 Å². The molecule has 2 fully saturated rings. The predicted octanol–water partition coefficient (Wildman–Crippen LogP) is 3.93. The lowest BCUT2D eigenvalue weighted by Crippen LogP contribution is -2.31. The summed E-state index contributed by atoms with van der Waals surface area (Å²) >= 11 is 0. The zero-order valence-corrected chi connectivity index (χ0v) is 15.9. The van der Waals surface area contributed by atoms with Crippen molar-refractivity contribution in [2.24, 2.45) is 5.92 Å². The molecule has 2 aliphatic rings. The van der Waals surface area contributed by atoms with Crippen LogP contribution in [0.3, 0.4) is 0 Å². The summed E-state index contributed by atoms with van der Waals surface area (Å²) in [5.41, 5.74) is 2.51. The molecule has 4 rings (SSSR count). The Hall–Kier alpha value is -2.69. The number of nitrogens with zero attached hydrogens (tertiary/aromatic N) is 2. The summed E-state index contributed by atoms with van der Waals surface area (Å²) in [5, 5.41) is 0. The van der Waals surface area contributed by atoms with Gasteiger partial charge in [0.25, 0.3) is 0 Å². The molecule has 5 heteroatoms. The molecule has 28 heavy (non-hydrogen) atoms. The third-order valence-electron chi connectivity index (χ3n) is 5.48. The van der Waals surface area contributed by atoms with Gasteiger partial charge in [-0.3, -0.25) is 9.59 Å². The van der Waals surface area contributed by atoms with E-state index in [1.807, 2.05) is 35.2 Å². The fourth-order valence-electron chi connectivity index (χ4n) is 3.71. The maximum Gasteiger partial charge on any atom is 0.230 e. The Balaban J connectivity index is 1.49. The van der Waals surface area contributed by atoms with Gasteiger partial charge < -0.3 is 9.80 Å². The van der Waals surface area contributed by atoms with E-state index in [2.05, 4.69) is 0 Å². The van der Waals surface area contributed by atoms with Crippen LogP contribution in [0.25, 0.3) is 0 Å². The SMILES string of the molecule is O=C(Cc1ccc(N(Cc2cccc(F)c2)C(=O)C2CC2)cc1)N1CCCC1. The molecule has 0 unspecified atom stereocenters. The first kappa shape index (κ1) is 18.7. The second kappa shape index (κ2) is 8.13. The van der Waals surface area contributed by atoms with E-state index in [1.54, 1.807) is 11.0 Å². The van der Waals surface area contributed by atoms with Gasteiger partial charge in [-0.25, -0.2) is 4.39 Å². The van der Waals surface area contributed by atoms with E-state index in [-0.39, 0.29) is 23.5 Å². The molecule has 0 bridgehead atoms. The Morgan fingerprint density at radius 1 is 1.00 bits per heavy atom. The third-order valence-corrected chi connectivity index (χ3v) is 5.48. The molecule has 0 spiro atoms. The summed E-state index contributed by atoms with van der Waals surface area (Å²) in [6, 6.07) is 14.0. The van der Waals surface area contributed by atoms with Gasteiger partial charge in [0.15, 0.2) is 0 Å². The van der Waals surface area contributed by atoms with E-state index in [1.165, 1.54) is 12.1 Å². The molecular formula is C23H25FN2O2. The minimum absolute atomic E-state index is 0.0741. The fourth-order valence-corrected chi connectivity index (χ4v) is 3.71. The highest BCUT2D eigenvalue weighted by molar-refractivity contribution is 5.96. The Morgan fingerprint density at radius 2 is 1.71 bits per heavy atom. The Labute approximate surface area is 164 Å². The van der Waals surface area contributed by atoms with E-state index in [0.29, 0.717) is 13.0 Å². The topological polar surface area (TPSA) is 40.6 Å². The molecule has 2 aromatic carbocycles. The highest BCUT2D eigenvalue weighted by Crippen LogP contribution is 2.33. The maximum atomic E-state index is 13.6. The number of hydrogen-bond acceptors (Lipinski definition) is 2. The second-order valence-corrected chi connectivity index (χ2v) is 7.76. The first-order valence-corrected chi connectivity index (χ1v) is 10.0. The van der Waals surface area contributed by atoms with Gasteiger partial charge in [0.2, 0.25) is 11.8 Å². The molecular weight excluding hydrogens is 355 g/mol. The highest BCUT2D eigenvalue weighted by Gasteiger charge is 2.34. The number of amides is 2. The quantitative estimate of drug-likeness (QED) is 0.762. The van der Waals surface area contributed by atoms with Crippen LogP contribution < -0.4 is 4.90 Å². The van der Waals surface area contributed by atoms with Crippen LogP contribution in [0.15, 0.2) is 48.5 Å². The van der Waals surface area contributed by atoms with Crippen molar-refractivity contribution in [1.82, 2.24) is 4.90 Å². The van der Waals surface area contributed by atoms with E-state index < -0.39 is 0 Å². The van der Waals surface area contributed by atoms with E-state index in [0.717, 1.165) is 55.6 Å². The van der Waals surface area contributed by atoms with E-state index in [9.17, 15) is 14.0 Å². The number of likely N-dealkylation sites (tertiary alicyclic amines) is 1. The molecule has 1 heterocycles. The Bertz CT molecular complexity index is 855. The fraction of sp³-hybridized carbons (Fsp3) is 0.391. The van der Waals surface area contributed by atoms with Gasteiger partial charge in [0.05, 0.1) is 13.0 Å². The minimum Gasteiger partial charge on any atom is -0.342 e. The van der Waals surface area contributed by atoms with Gasteiger partial charge in [-0.1, -0.05) is 24.3 Å². The van der Waals surface area contributed by atoms with Crippen molar-refractivity contribution in [1.29, 1.82) is 0 Å². The van der Waals surface area contributed by atoms with Crippen molar-refractivity contribution < 1.29 is 14.0 Å². The van der Waals surface area contributed by atoms with Crippen LogP contribution in [0, 0.1) is 11.7 Å². The first-order valence-electron chi connectivity index (χ1n) is 10.0. The molecule has 1 aliphatic carbocycles. The van der Waals surface area contributed by atoms with Crippen molar-refractivity contribution in [3.8, 4) is 0 Å². The maximum absolute atomic E-state index is 13.6. The molecule has 2 aromatic rings. The average Bonchev–Trinajstić information content (AvgIpc) is 3.40. The number of carbonyl (C=O) groups excluding carboxylic acids is 2. The normalized spacial score (nSPS) is 16.2. The number of anilines is 1. The highest BCUT2D eigenvalue weighted by atomic mass is 19.1. The van der Waals surface area contributed by atoms with Gasteiger partial charge >= 0.3 is 0 Å². The predicted molar refractivity (Wildman–Crippen MR) is 106 cm³/mol. The van der Waals surface area contributed by atoms with Crippen LogP contribution >= 0.6 is 0 Å². The van der Waals surface area contributed by atoms with Gasteiger partial charge in [-0.2, -0.15) is 0 Å². The van der Waals surface area contributed by atoms with Crippen LogP contribution in [0.1, 0.15) is 36.8 Å². The van der Waals surface area contributed by atoms with Crippen molar-refractivity contribution in [2.45, 2.75) is 38.6 Å². The largest absolute Gasteiger partial charge is 0.342 e. The monoisotopic (exact) mass is 380 g/mol. The number of halogens is 1. The van der Waals surface area contributed by atoms with Crippen LogP contribution in [0.4, 0.5) is 10.1 Å². The van der Waals surface area contributed by atoms with Crippen LogP contribution in [0.5, 0.6) is 0 Å². The number of benzene rings is 2. The molecule has 0 radical (unpaired) electrons. The lowest BCUT2D eigenvalue weighted by atomic mass is 10.1. The second-order valence-electron chi connectivity index (χ2n) is 7.76. The van der Waals surface area contributed by atoms with Gasteiger partial charge in [0, 0.05) is 24.7 Å². The lowest BCUT2D eigenvalue weighted by Gasteiger charge is -2.23. The van der Waals surface area contributed by atoms with Crippen LogP contribution in [0.2, 0.25) is 0 Å². The average molecular weight is 380 g/mol.